The second-order valence-electron chi connectivity index (χ2n) is 9.49. The number of carbonyl (C=O) groups is 3. The minimum absolute atomic E-state index is 0.202. The zero-order chi connectivity index (χ0) is 28.5. The molecule has 1 unspecified atom stereocenters. The number of pyridine rings is 1. The van der Waals surface area contributed by atoms with E-state index in [1.165, 1.54) is 20.8 Å². The third kappa shape index (κ3) is 5.34. The molecule has 0 aliphatic carbocycles. The molecule has 1 aliphatic rings. The molecule has 0 bridgehead atoms. The van der Waals surface area contributed by atoms with E-state index in [0.29, 0.717) is 33.2 Å². The van der Waals surface area contributed by atoms with E-state index < -0.39 is 17.9 Å². The maximum atomic E-state index is 13.7. The Morgan fingerprint density at radius 3 is 2.61 bits per heavy atom. The molecule has 3 aromatic heterocycles. The van der Waals surface area contributed by atoms with Gasteiger partial charge in [0.1, 0.15) is 42.3 Å². The maximum Gasteiger partial charge on any atom is 0.248 e. The fraction of sp³-hybridized carbons (Fsp3) is 0.185. The average molecular weight is 571 g/mol. The number of aromatic nitrogens is 7. The first-order chi connectivity index (χ1) is 19.9. The summed E-state index contributed by atoms with van der Waals surface area (Å²) in [6, 6.07) is 16.6. The van der Waals surface area contributed by atoms with Crippen LogP contribution in [0, 0.1) is 0 Å². The number of benzene rings is 2. The van der Waals surface area contributed by atoms with E-state index >= 15 is 0 Å². The van der Waals surface area contributed by atoms with Gasteiger partial charge in [-0.3, -0.25) is 24.0 Å². The molecule has 5 aromatic rings. The van der Waals surface area contributed by atoms with E-state index in [-0.39, 0.29) is 25.4 Å². The Morgan fingerprint density at radius 2 is 1.83 bits per heavy atom. The van der Waals surface area contributed by atoms with E-state index in [1.807, 2.05) is 30.3 Å². The van der Waals surface area contributed by atoms with Crippen LogP contribution in [0.5, 0.6) is 0 Å². The number of hydrogen-bond acceptors (Lipinski definition) is 8. The van der Waals surface area contributed by atoms with Crippen molar-refractivity contribution in [1.29, 1.82) is 0 Å². The zero-order valence-electron chi connectivity index (χ0n) is 21.8. The van der Waals surface area contributed by atoms with Crippen LogP contribution in [0.15, 0.2) is 73.2 Å². The standard InChI is InChI=1S/C27H23ClN10O3/c1-35-13-20-19(32-35)8-10-24(30-20)31-27(41)23(11-17-5-3-2-4-6-17)37-15-25(39)36(14-26(37)40)22-12-18(28)7-9-21(22)38-16-29-33-34-38/h2-10,12-13,16,23H,11,14-15H2,1H3,(H,30,31,41). The van der Waals surface area contributed by atoms with E-state index in [9.17, 15) is 14.4 Å². The van der Waals surface area contributed by atoms with Crippen molar-refractivity contribution in [3.05, 3.63) is 83.8 Å². The third-order valence-electron chi connectivity index (χ3n) is 6.72. The number of aryl methyl sites for hydroxylation is 1. The number of rotatable bonds is 7. The van der Waals surface area contributed by atoms with Crippen molar-refractivity contribution >= 4 is 51.9 Å². The molecule has 206 valence electrons. The Labute approximate surface area is 238 Å². The van der Waals surface area contributed by atoms with Crippen LogP contribution in [0.1, 0.15) is 5.56 Å². The Hall–Kier alpha value is -5.17. The van der Waals surface area contributed by atoms with Gasteiger partial charge in [0.05, 0.1) is 17.6 Å². The minimum atomic E-state index is -0.972. The number of piperazine rings is 1. The average Bonchev–Trinajstić information content (AvgIpc) is 3.62. The summed E-state index contributed by atoms with van der Waals surface area (Å²) in [6.45, 7) is -0.618. The monoisotopic (exact) mass is 570 g/mol. The van der Waals surface area contributed by atoms with Crippen LogP contribution >= 0.6 is 11.6 Å². The highest BCUT2D eigenvalue weighted by molar-refractivity contribution is 6.31. The normalized spacial score (nSPS) is 14.5. The van der Waals surface area contributed by atoms with E-state index in [4.69, 9.17) is 11.6 Å². The number of halogens is 1. The van der Waals surface area contributed by atoms with Gasteiger partial charge in [-0.15, -0.1) is 5.10 Å². The molecule has 1 aliphatic heterocycles. The number of fused-ring (bicyclic) bond motifs is 1. The summed E-state index contributed by atoms with van der Waals surface area (Å²) in [4.78, 5) is 48.0. The van der Waals surface area contributed by atoms with Crippen molar-refractivity contribution in [2.75, 3.05) is 23.3 Å². The predicted octanol–water partition coefficient (Wildman–Crippen LogP) is 2.02. The molecule has 13 nitrogen and oxygen atoms in total. The Morgan fingerprint density at radius 1 is 1.00 bits per heavy atom. The van der Waals surface area contributed by atoms with Crippen LogP contribution in [-0.4, -0.2) is 76.7 Å². The first-order valence-corrected chi connectivity index (χ1v) is 13.0. The number of amides is 3. The molecule has 0 saturated carbocycles. The van der Waals surface area contributed by atoms with Crippen molar-refractivity contribution in [1.82, 2.24) is 39.9 Å². The molecule has 4 heterocycles. The number of carbonyl (C=O) groups excluding carboxylic acids is 3. The lowest BCUT2D eigenvalue weighted by Gasteiger charge is -2.38. The first-order valence-electron chi connectivity index (χ1n) is 12.6. The summed E-state index contributed by atoms with van der Waals surface area (Å²) >= 11 is 6.25. The van der Waals surface area contributed by atoms with Gasteiger partial charge in [0.2, 0.25) is 17.7 Å². The van der Waals surface area contributed by atoms with Crippen LogP contribution in [-0.2, 0) is 27.9 Å². The van der Waals surface area contributed by atoms with Gasteiger partial charge in [-0.05, 0) is 46.3 Å². The molecule has 14 heteroatoms. The Kier molecular flexibility index (Phi) is 6.85. The third-order valence-corrected chi connectivity index (χ3v) is 6.96. The van der Waals surface area contributed by atoms with E-state index in [1.54, 1.807) is 48.3 Å². The van der Waals surface area contributed by atoms with Gasteiger partial charge in [-0.2, -0.15) is 9.78 Å². The molecule has 2 aromatic carbocycles. The lowest BCUT2D eigenvalue weighted by atomic mass is 10.0. The summed E-state index contributed by atoms with van der Waals surface area (Å²) in [6.07, 6.45) is 3.33. The summed E-state index contributed by atoms with van der Waals surface area (Å²) in [5.74, 6) is -0.937. The minimum Gasteiger partial charge on any atom is -0.319 e. The number of hydrogen-bond donors (Lipinski definition) is 1. The van der Waals surface area contributed by atoms with Crippen molar-refractivity contribution in [2.45, 2.75) is 12.5 Å². The quantitative estimate of drug-likeness (QED) is 0.313. The van der Waals surface area contributed by atoms with Gasteiger partial charge >= 0.3 is 0 Å². The fourth-order valence-electron chi connectivity index (χ4n) is 4.80. The second kappa shape index (κ2) is 10.8. The Bertz CT molecular complexity index is 1760. The van der Waals surface area contributed by atoms with Gasteiger partial charge in [-0.1, -0.05) is 41.9 Å². The molecule has 0 radical (unpaired) electrons. The number of nitrogens with one attached hydrogen (secondary N) is 1. The molecule has 6 rings (SSSR count). The zero-order valence-corrected chi connectivity index (χ0v) is 22.5. The van der Waals surface area contributed by atoms with Gasteiger partial charge in [0.25, 0.3) is 0 Å². The number of tetrazole rings is 1. The van der Waals surface area contributed by atoms with Crippen molar-refractivity contribution < 1.29 is 14.4 Å². The van der Waals surface area contributed by atoms with Crippen LogP contribution < -0.4 is 10.2 Å². The van der Waals surface area contributed by atoms with Crippen molar-refractivity contribution in [3.8, 4) is 5.69 Å². The Balaban J connectivity index is 1.29. The van der Waals surface area contributed by atoms with Gasteiger partial charge in [0, 0.05) is 18.5 Å². The topological polar surface area (TPSA) is 144 Å². The van der Waals surface area contributed by atoms with E-state index in [2.05, 4.69) is 30.9 Å². The molecule has 3 amide bonds. The molecule has 1 atom stereocenters. The molecule has 0 spiro atoms. The predicted molar refractivity (Wildman–Crippen MR) is 149 cm³/mol. The van der Waals surface area contributed by atoms with Crippen LogP contribution in [0.3, 0.4) is 0 Å². The van der Waals surface area contributed by atoms with E-state index in [0.717, 1.165) is 5.56 Å². The molecule has 1 N–H and O–H groups in total. The summed E-state index contributed by atoms with van der Waals surface area (Å²) < 4.78 is 3.02. The van der Waals surface area contributed by atoms with Gasteiger partial charge in [0.15, 0.2) is 0 Å². The van der Waals surface area contributed by atoms with Crippen molar-refractivity contribution in [3.63, 3.8) is 0 Å². The molecular formula is C27H23ClN10O3. The van der Waals surface area contributed by atoms with Crippen LogP contribution in [0.2, 0.25) is 5.02 Å². The van der Waals surface area contributed by atoms with Gasteiger partial charge < -0.3 is 10.2 Å². The van der Waals surface area contributed by atoms with Crippen molar-refractivity contribution in [2.24, 2.45) is 7.05 Å². The lowest BCUT2D eigenvalue weighted by molar-refractivity contribution is -0.143. The number of anilines is 2. The largest absolute Gasteiger partial charge is 0.319 e. The molecule has 41 heavy (non-hydrogen) atoms. The van der Waals surface area contributed by atoms with Gasteiger partial charge in [-0.25, -0.2) is 4.98 Å². The van der Waals surface area contributed by atoms with Crippen LogP contribution in [0.25, 0.3) is 16.7 Å². The smallest absolute Gasteiger partial charge is 0.248 e. The lowest BCUT2D eigenvalue weighted by Crippen LogP contribution is -2.60. The SMILES string of the molecule is Cn1cc2nc(NC(=O)C(Cc3ccccc3)N3CC(=O)N(c4cc(Cl)ccc4-n4cnnn4)CC3=O)ccc2n1. The highest BCUT2D eigenvalue weighted by Crippen LogP contribution is 2.30. The first kappa shape index (κ1) is 26.1. The second-order valence-corrected chi connectivity index (χ2v) is 9.92. The molecule has 1 saturated heterocycles. The van der Waals surface area contributed by atoms with Crippen LogP contribution in [0.4, 0.5) is 11.5 Å². The summed E-state index contributed by atoms with van der Waals surface area (Å²) in [5, 5.41) is 18.7. The summed E-state index contributed by atoms with van der Waals surface area (Å²) in [7, 11) is 1.78. The fourth-order valence-corrected chi connectivity index (χ4v) is 4.97. The molecule has 1 fully saturated rings. The molecular weight excluding hydrogens is 548 g/mol. The highest BCUT2D eigenvalue weighted by atomic mass is 35.5. The maximum absolute atomic E-state index is 13.7. The number of nitrogens with zero attached hydrogens (tertiary/aromatic N) is 9. The summed E-state index contributed by atoms with van der Waals surface area (Å²) in [5.41, 5.74) is 2.99. The highest BCUT2D eigenvalue weighted by Gasteiger charge is 2.39.